The number of carbonyl (C=O) groups excluding carboxylic acids is 3. The van der Waals surface area contributed by atoms with E-state index in [1.807, 2.05) is 19.9 Å². The Bertz CT molecular complexity index is 2470. The minimum atomic E-state index is -4.44. The Hall–Kier alpha value is -5.81. The van der Waals surface area contributed by atoms with E-state index in [9.17, 15) is 37.5 Å². The molecule has 3 aliphatic heterocycles. The molecule has 63 heavy (non-hydrogen) atoms. The number of anilines is 1. The first-order valence-electron chi connectivity index (χ1n) is 21.1. The number of fused-ring (bicyclic) bond motifs is 2. The smallest absolute Gasteiger partial charge is 0.294 e. The summed E-state index contributed by atoms with van der Waals surface area (Å²) in [6.45, 7) is 13.6. The normalized spacial score (nSPS) is 17.1. The third-order valence-corrected chi connectivity index (χ3v) is 12.7. The lowest BCUT2D eigenvalue weighted by Crippen LogP contribution is -2.38. The van der Waals surface area contributed by atoms with Gasteiger partial charge in [-0.05, 0) is 81.1 Å². The van der Waals surface area contributed by atoms with Crippen LogP contribution in [0.15, 0.2) is 102 Å². The van der Waals surface area contributed by atoms with Crippen LogP contribution in [0, 0.1) is 17.0 Å². The standard InChI is InChI=1S/C47H55N5O10S/c1-33-13-19-39-37(30-33)46(2,3)42(50(39)26-27-61-28-29-62-32-34-14-16-35(17-15-34)52(56)57)11-9-10-41-47(4,5)38-31-36(63(58,59)60)18-20-40(38)49(41)24-8-6-7-12-43(53)48-23-25-51-44(54)21-22-45(51)55/h9-11,13-22,30-31H,6-8,12,23-29,32H2,1-5H3,(H-,48,53,58,59,60)/p+1. The van der Waals surface area contributed by atoms with Crippen molar-refractivity contribution < 1.29 is 46.3 Å². The summed E-state index contributed by atoms with van der Waals surface area (Å²) in [4.78, 5) is 49.8. The van der Waals surface area contributed by atoms with Crippen molar-refractivity contribution >= 4 is 50.6 Å². The van der Waals surface area contributed by atoms with Gasteiger partial charge in [0.15, 0.2) is 5.71 Å². The maximum atomic E-state index is 12.5. The van der Waals surface area contributed by atoms with E-state index >= 15 is 0 Å². The van der Waals surface area contributed by atoms with Crippen LogP contribution >= 0.6 is 0 Å². The van der Waals surface area contributed by atoms with E-state index in [0.29, 0.717) is 52.4 Å². The highest BCUT2D eigenvalue weighted by atomic mass is 32.2. The van der Waals surface area contributed by atoms with Crippen LogP contribution in [0.5, 0.6) is 0 Å². The number of nitro groups is 1. The first-order valence-corrected chi connectivity index (χ1v) is 22.6. The number of aryl methyl sites for hydroxylation is 1. The van der Waals surface area contributed by atoms with Crippen LogP contribution in [0.4, 0.5) is 17.1 Å². The second kappa shape index (κ2) is 19.7. The summed E-state index contributed by atoms with van der Waals surface area (Å²) >= 11 is 0. The van der Waals surface area contributed by atoms with Crippen molar-refractivity contribution in [1.82, 2.24) is 10.2 Å². The summed E-state index contributed by atoms with van der Waals surface area (Å²) in [5.41, 5.74) is 7.03. The Morgan fingerprint density at radius 2 is 1.59 bits per heavy atom. The summed E-state index contributed by atoms with van der Waals surface area (Å²) < 4.78 is 48.3. The van der Waals surface area contributed by atoms with Crippen LogP contribution in [0.3, 0.4) is 0 Å². The summed E-state index contributed by atoms with van der Waals surface area (Å²) in [5, 5.41) is 13.7. The molecule has 16 heteroatoms. The molecule has 0 saturated heterocycles. The highest BCUT2D eigenvalue weighted by molar-refractivity contribution is 7.85. The molecule has 334 valence electrons. The predicted octanol–water partition coefficient (Wildman–Crippen LogP) is 6.60. The first kappa shape index (κ1) is 46.7. The van der Waals surface area contributed by atoms with Crippen molar-refractivity contribution in [3.8, 4) is 0 Å². The molecule has 0 spiro atoms. The number of allylic oxidation sites excluding steroid dienone is 4. The molecule has 0 unspecified atom stereocenters. The topological polar surface area (TPSA) is 189 Å². The number of hydrogen-bond donors (Lipinski definition) is 2. The molecular formula is C47H56N5O10S+. The number of nitrogens with zero attached hydrogens (tertiary/aromatic N) is 4. The van der Waals surface area contributed by atoms with E-state index in [1.54, 1.807) is 24.3 Å². The first-order chi connectivity index (χ1) is 29.9. The number of unbranched alkanes of at least 4 members (excludes halogenated alkanes) is 2. The Kier molecular flexibility index (Phi) is 14.6. The van der Waals surface area contributed by atoms with Crippen molar-refractivity contribution in [1.29, 1.82) is 0 Å². The average molecular weight is 883 g/mol. The van der Waals surface area contributed by atoms with Crippen LogP contribution in [-0.2, 0) is 51.4 Å². The fourth-order valence-electron chi connectivity index (χ4n) is 8.38. The van der Waals surface area contributed by atoms with Gasteiger partial charge in [-0.15, -0.1) is 0 Å². The van der Waals surface area contributed by atoms with Gasteiger partial charge >= 0.3 is 0 Å². The molecule has 0 fully saturated rings. The van der Waals surface area contributed by atoms with E-state index in [0.717, 1.165) is 57.2 Å². The molecule has 3 amide bonds. The molecule has 0 saturated carbocycles. The molecule has 0 radical (unpaired) electrons. The number of hydrogen-bond acceptors (Lipinski definition) is 10. The molecule has 3 aromatic rings. The second-order valence-corrected chi connectivity index (χ2v) is 18.4. The molecule has 3 heterocycles. The van der Waals surface area contributed by atoms with Gasteiger partial charge in [-0.25, -0.2) is 0 Å². The summed E-state index contributed by atoms with van der Waals surface area (Å²) in [7, 11) is -4.44. The Morgan fingerprint density at radius 3 is 2.29 bits per heavy atom. The number of imide groups is 1. The molecule has 3 aromatic carbocycles. The van der Waals surface area contributed by atoms with Crippen LogP contribution < -0.4 is 10.2 Å². The number of amides is 3. The summed E-state index contributed by atoms with van der Waals surface area (Å²) in [6.07, 6.45) is 11.1. The highest BCUT2D eigenvalue weighted by Gasteiger charge is 2.45. The quantitative estimate of drug-likeness (QED) is 0.0293. The number of carbonyl (C=O) groups is 3. The number of nitro benzene ring substituents is 1. The van der Waals surface area contributed by atoms with Crippen LogP contribution in [0.25, 0.3) is 0 Å². The molecule has 0 aromatic heterocycles. The fraction of sp³-hybridized carbons (Fsp3) is 0.404. The van der Waals surface area contributed by atoms with Gasteiger partial charge in [-0.2, -0.15) is 13.0 Å². The highest BCUT2D eigenvalue weighted by Crippen LogP contribution is 2.48. The van der Waals surface area contributed by atoms with Gasteiger partial charge in [-0.1, -0.05) is 37.6 Å². The molecule has 6 rings (SSSR count). The zero-order valence-electron chi connectivity index (χ0n) is 36.5. The minimum Gasteiger partial charge on any atom is -0.377 e. The van der Waals surface area contributed by atoms with E-state index in [4.69, 9.17) is 9.47 Å². The number of non-ortho nitro benzene ring substituents is 1. The lowest BCUT2D eigenvalue weighted by Gasteiger charge is -2.27. The van der Waals surface area contributed by atoms with Crippen LogP contribution in [0.2, 0.25) is 0 Å². The number of rotatable bonds is 21. The summed E-state index contributed by atoms with van der Waals surface area (Å²) in [6, 6.07) is 17.4. The van der Waals surface area contributed by atoms with Crippen LogP contribution in [-0.4, -0.2) is 96.8 Å². The molecule has 0 atom stereocenters. The van der Waals surface area contributed by atoms with Gasteiger partial charge in [0.1, 0.15) is 6.54 Å². The van der Waals surface area contributed by atoms with Crippen molar-refractivity contribution in [2.24, 2.45) is 0 Å². The van der Waals surface area contributed by atoms with Gasteiger partial charge in [0.05, 0.1) is 41.7 Å². The second-order valence-electron chi connectivity index (χ2n) is 16.9. The van der Waals surface area contributed by atoms with Gasteiger partial charge in [0, 0.05) is 91.3 Å². The Labute approximate surface area is 368 Å². The van der Waals surface area contributed by atoms with E-state index in [-0.39, 0.29) is 46.8 Å². The van der Waals surface area contributed by atoms with Gasteiger partial charge in [0.25, 0.3) is 27.6 Å². The Balaban J connectivity index is 1.13. The van der Waals surface area contributed by atoms with Crippen molar-refractivity contribution in [2.45, 2.75) is 82.6 Å². The molecule has 2 N–H and O–H groups in total. The molecular weight excluding hydrogens is 827 g/mol. The monoisotopic (exact) mass is 882 g/mol. The zero-order chi connectivity index (χ0) is 45.5. The lowest BCUT2D eigenvalue weighted by atomic mass is 9.81. The molecule has 0 bridgehead atoms. The fourth-order valence-corrected chi connectivity index (χ4v) is 8.88. The lowest BCUT2D eigenvalue weighted by molar-refractivity contribution is -0.438. The van der Waals surface area contributed by atoms with Crippen molar-refractivity contribution in [3.05, 3.63) is 129 Å². The maximum absolute atomic E-state index is 12.5. The van der Waals surface area contributed by atoms with Crippen LogP contribution in [0.1, 0.15) is 75.6 Å². The van der Waals surface area contributed by atoms with Crippen molar-refractivity contribution in [2.75, 3.05) is 50.9 Å². The summed E-state index contributed by atoms with van der Waals surface area (Å²) in [5.74, 6) is -0.929. The molecule has 3 aliphatic rings. The van der Waals surface area contributed by atoms with Gasteiger partial charge in [-0.3, -0.25) is 34.0 Å². The van der Waals surface area contributed by atoms with Gasteiger partial charge in [0.2, 0.25) is 11.6 Å². The molecule has 15 nitrogen and oxygen atoms in total. The number of ether oxygens (including phenoxy) is 2. The third-order valence-electron chi connectivity index (χ3n) is 11.8. The van der Waals surface area contributed by atoms with Crippen molar-refractivity contribution in [3.63, 3.8) is 0 Å². The SMILES string of the molecule is Cc1ccc2c(c1)C(C)(C)C(=CC=CC1=[N+](CCCCCC(=O)NCCN3C(=O)C=CC3=O)c3ccc(S(=O)(=O)O)cc3C1(C)C)N2CCOCCOCc1ccc([N+](=O)[O-])cc1. The van der Waals surface area contributed by atoms with E-state index in [2.05, 4.69) is 65.9 Å². The van der Waals surface area contributed by atoms with E-state index < -0.39 is 20.5 Å². The molecule has 0 aliphatic carbocycles. The maximum Gasteiger partial charge on any atom is 0.294 e. The number of nitrogens with one attached hydrogen (secondary N) is 1. The van der Waals surface area contributed by atoms with E-state index in [1.165, 1.54) is 35.9 Å². The Morgan fingerprint density at radius 1 is 0.873 bits per heavy atom. The van der Waals surface area contributed by atoms with Gasteiger partial charge < -0.3 is 19.7 Å². The minimum absolute atomic E-state index is 0.0348. The predicted molar refractivity (Wildman–Crippen MR) is 239 cm³/mol. The largest absolute Gasteiger partial charge is 0.377 e. The average Bonchev–Trinajstić information content (AvgIpc) is 3.74. The third kappa shape index (κ3) is 10.9. The number of benzene rings is 3. The zero-order valence-corrected chi connectivity index (χ0v) is 37.3.